The Morgan fingerprint density at radius 1 is 1.42 bits per heavy atom. The van der Waals surface area contributed by atoms with Gasteiger partial charge in [-0.15, -0.1) is 0 Å². The topological polar surface area (TPSA) is 26.0 Å². The molecule has 0 bridgehead atoms. The lowest BCUT2D eigenvalue weighted by Crippen LogP contribution is -1.79. The van der Waals surface area contributed by atoms with Gasteiger partial charge in [0, 0.05) is 15.4 Å². The van der Waals surface area contributed by atoms with Gasteiger partial charge in [0.05, 0.1) is 0 Å². The van der Waals surface area contributed by atoms with Crippen LogP contribution in [0.2, 0.25) is 0 Å². The van der Waals surface area contributed by atoms with Crippen LogP contribution in [-0.2, 0) is 5.33 Å². The molecule has 0 saturated heterocycles. The van der Waals surface area contributed by atoms with E-state index in [4.69, 9.17) is 4.42 Å². The van der Waals surface area contributed by atoms with Crippen molar-refractivity contribution in [3.05, 3.63) is 28.6 Å². The highest BCUT2D eigenvalue weighted by molar-refractivity contribution is 9.10. The van der Waals surface area contributed by atoms with Crippen LogP contribution in [-0.4, -0.2) is 4.98 Å². The van der Waals surface area contributed by atoms with E-state index in [1.807, 2.05) is 12.1 Å². The van der Waals surface area contributed by atoms with Crippen LogP contribution in [0, 0.1) is 0 Å². The molecule has 0 amide bonds. The number of alkyl halides is 1. The maximum absolute atomic E-state index is 5.23. The molecule has 0 unspecified atom stereocenters. The van der Waals surface area contributed by atoms with E-state index in [0.29, 0.717) is 0 Å². The first-order valence-electron chi connectivity index (χ1n) is 3.39. The highest BCUT2D eigenvalue weighted by Crippen LogP contribution is 2.24. The van der Waals surface area contributed by atoms with Crippen molar-refractivity contribution in [3.63, 3.8) is 0 Å². The zero-order valence-corrected chi connectivity index (χ0v) is 9.22. The van der Waals surface area contributed by atoms with Crippen molar-refractivity contribution in [2.45, 2.75) is 5.33 Å². The summed E-state index contributed by atoms with van der Waals surface area (Å²) in [6.07, 6.45) is 1.46. The van der Waals surface area contributed by atoms with Crippen LogP contribution in [0.4, 0.5) is 0 Å². The Morgan fingerprint density at radius 3 is 3.00 bits per heavy atom. The van der Waals surface area contributed by atoms with E-state index >= 15 is 0 Å². The predicted molar refractivity (Wildman–Crippen MR) is 54.3 cm³/mol. The summed E-state index contributed by atoms with van der Waals surface area (Å²) in [6, 6.07) is 3.95. The summed E-state index contributed by atoms with van der Waals surface area (Å²) in [5, 5.41) is 0.776. The molecule has 1 heterocycles. The minimum Gasteiger partial charge on any atom is -0.443 e. The molecular weight excluding hydrogens is 286 g/mol. The van der Waals surface area contributed by atoms with E-state index in [9.17, 15) is 0 Å². The summed E-state index contributed by atoms with van der Waals surface area (Å²) in [5.74, 6) is 0. The standard InChI is InChI=1S/C8H5Br2NO/c9-3-5-1-6(10)2-7-8(5)12-4-11-7/h1-2,4H,3H2. The molecule has 12 heavy (non-hydrogen) atoms. The summed E-state index contributed by atoms with van der Waals surface area (Å²) in [7, 11) is 0. The SMILES string of the molecule is BrCc1cc(Br)cc2ncoc12. The fourth-order valence-corrected chi connectivity index (χ4v) is 2.01. The van der Waals surface area contributed by atoms with Crippen LogP contribution >= 0.6 is 31.9 Å². The number of oxazole rings is 1. The summed E-state index contributed by atoms with van der Waals surface area (Å²) < 4.78 is 6.26. The van der Waals surface area contributed by atoms with Crippen molar-refractivity contribution in [3.8, 4) is 0 Å². The Bertz CT molecular complexity index is 410. The average Bonchev–Trinajstić information content (AvgIpc) is 2.50. The molecule has 0 N–H and O–H groups in total. The summed E-state index contributed by atoms with van der Waals surface area (Å²) in [6.45, 7) is 0. The second-order valence-electron chi connectivity index (χ2n) is 2.40. The molecule has 0 aliphatic carbocycles. The number of halogens is 2. The maximum atomic E-state index is 5.23. The first-order chi connectivity index (χ1) is 5.81. The molecule has 0 atom stereocenters. The quantitative estimate of drug-likeness (QED) is 0.752. The molecule has 0 aliphatic heterocycles. The maximum Gasteiger partial charge on any atom is 0.181 e. The molecule has 2 rings (SSSR count). The summed E-state index contributed by atoms with van der Waals surface area (Å²) in [5.41, 5.74) is 2.85. The minimum atomic E-state index is 0.776. The Labute approximate surface area is 86.2 Å². The van der Waals surface area contributed by atoms with Crippen molar-refractivity contribution in [2.24, 2.45) is 0 Å². The van der Waals surface area contributed by atoms with E-state index in [2.05, 4.69) is 36.8 Å². The predicted octanol–water partition coefficient (Wildman–Crippen LogP) is 3.49. The molecule has 62 valence electrons. The van der Waals surface area contributed by atoms with Crippen LogP contribution in [0.25, 0.3) is 11.1 Å². The van der Waals surface area contributed by atoms with Crippen molar-refractivity contribution in [1.82, 2.24) is 4.98 Å². The lowest BCUT2D eigenvalue weighted by molar-refractivity contribution is 0.599. The second kappa shape index (κ2) is 3.18. The third kappa shape index (κ3) is 1.29. The number of aromatic nitrogens is 1. The van der Waals surface area contributed by atoms with Gasteiger partial charge in [-0.2, -0.15) is 0 Å². The zero-order valence-electron chi connectivity index (χ0n) is 6.05. The number of fused-ring (bicyclic) bond motifs is 1. The van der Waals surface area contributed by atoms with Crippen molar-refractivity contribution in [2.75, 3.05) is 0 Å². The normalized spacial score (nSPS) is 10.8. The Balaban J connectivity index is 2.80. The first-order valence-corrected chi connectivity index (χ1v) is 5.30. The molecule has 1 aromatic carbocycles. The first kappa shape index (κ1) is 8.26. The van der Waals surface area contributed by atoms with E-state index < -0.39 is 0 Å². The van der Waals surface area contributed by atoms with E-state index in [0.717, 1.165) is 26.5 Å². The van der Waals surface area contributed by atoms with Gasteiger partial charge in [-0.3, -0.25) is 0 Å². The molecule has 4 heteroatoms. The van der Waals surface area contributed by atoms with Crippen LogP contribution in [0.3, 0.4) is 0 Å². The van der Waals surface area contributed by atoms with Crippen LogP contribution in [0.1, 0.15) is 5.56 Å². The highest BCUT2D eigenvalue weighted by Gasteiger charge is 2.05. The lowest BCUT2D eigenvalue weighted by atomic mass is 10.2. The summed E-state index contributed by atoms with van der Waals surface area (Å²) in [4.78, 5) is 4.07. The van der Waals surface area contributed by atoms with E-state index in [-0.39, 0.29) is 0 Å². The van der Waals surface area contributed by atoms with Gasteiger partial charge >= 0.3 is 0 Å². The monoisotopic (exact) mass is 289 g/mol. The summed E-state index contributed by atoms with van der Waals surface area (Å²) >= 11 is 6.80. The molecule has 0 spiro atoms. The second-order valence-corrected chi connectivity index (χ2v) is 3.88. The highest BCUT2D eigenvalue weighted by atomic mass is 79.9. The van der Waals surface area contributed by atoms with Crippen LogP contribution in [0.5, 0.6) is 0 Å². The number of hydrogen-bond acceptors (Lipinski definition) is 2. The van der Waals surface area contributed by atoms with Gasteiger partial charge in [0.25, 0.3) is 0 Å². The molecule has 2 aromatic rings. The molecule has 0 fully saturated rings. The van der Waals surface area contributed by atoms with Crippen molar-refractivity contribution >= 4 is 43.0 Å². The lowest BCUT2D eigenvalue weighted by Gasteiger charge is -1.96. The number of nitrogens with zero attached hydrogens (tertiary/aromatic N) is 1. The molecule has 0 aliphatic rings. The minimum absolute atomic E-state index is 0.776. The Morgan fingerprint density at radius 2 is 2.25 bits per heavy atom. The smallest absolute Gasteiger partial charge is 0.181 e. The largest absolute Gasteiger partial charge is 0.443 e. The van der Waals surface area contributed by atoms with Crippen molar-refractivity contribution in [1.29, 1.82) is 0 Å². The van der Waals surface area contributed by atoms with E-state index in [1.165, 1.54) is 6.39 Å². The van der Waals surface area contributed by atoms with Gasteiger partial charge in [0.15, 0.2) is 12.0 Å². The van der Waals surface area contributed by atoms with Crippen LogP contribution < -0.4 is 0 Å². The van der Waals surface area contributed by atoms with Gasteiger partial charge in [-0.05, 0) is 12.1 Å². The fourth-order valence-electron chi connectivity index (χ4n) is 1.10. The molecule has 0 radical (unpaired) electrons. The molecule has 1 aromatic heterocycles. The van der Waals surface area contributed by atoms with Gasteiger partial charge < -0.3 is 4.42 Å². The van der Waals surface area contributed by atoms with Crippen LogP contribution in [0.15, 0.2) is 27.4 Å². The molecule has 2 nitrogen and oxygen atoms in total. The Kier molecular flexibility index (Phi) is 2.19. The van der Waals surface area contributed by atoms with E-state index in [1.54, 1.807) is 0 Å². The number of benzene rings is 1. The number of rotatable bonds is 1. The third-order valence-electron chi connectivity index (χ3n) is 1.62. The number of hydrogen-bond donors (Lipinski definition) is 0. The fraction of sp³-hybridized carbons (Fsp3) is 0.125. The Hall–Kier alpha value is -0.350. The van der Waals surface area contributed by atoms with Gasteiger partial charge in [0.2, 0.25) is 0 Å². The molecular formula is C8H5Br2NO. The van der Waals surface area contributed by atoms with Gasteiger partial charge in [-0.25, -0.2) is 4.98 Å². The van der Waals surface area contributed by atoms with Gasteiger partial charge in [-0.1, -0.05) is 31.9 Å². The average molecular weight is 291 g/mol. The van der Waals surface area contributed by atoms with Crippen molar-refractivity contribution < 1.29 is 4.42 Å². The zero-order chi connectivity index (χ0) is 8.55. The third-order valence-corrected chi connectivity index (χ3v) is 2.68. The van der Waals surface area contributed by atoms with Gasteiger partial charge in [0.1, 0.15) is 5.52 Å². The molecule has 0 saturated carbocycles.